The number of hydrogen-bond acceptors (Lipinski definition) is 7. The predicted molar refractivity (Wildman–Crippen MR) is 170 cm³/mol. The van der Waals surface area contributed by atoms with Gasteiger partial charge in [0.05, 0.1) is 35.1 Å². The third-order valence-corrected chi connectivity index (χ3v) is 8.44. The van der Waals surface area contributed by atoms with Gasteiger partial charge in [-0.25, -0.2) is 9.79 Å². The van der Waals surface area contributed by atoms with Crippen LogP contribution in [0.25, 0.3) is 6.08 Å². The van der Waals surface area contributed by atoms with Crippen molar-refractivity contribution in [2.75, 3.05) is 13.2 Å². The quantitative estimate of drug-likeness (QED) is 0.199. The third kappa shape index (κ3) is 6.56. The zero-order chi connectivity index (χ0) is 30.7. The summed E-state index contributed by atoms with van der Waals surface area (Å²) in [6.07, 6.45) is 1.79. The van der Waals surface area contributed by atoms with E-state index in [2.05, 4.69) is 4.99 Å². The van der Waals surface area contributed by atoms with Crippen LogP contribution in [0.4, 0.5) is 0 Å². The molecule has 0 saturated carbocycles. The Morgan fingerprint density at radius 2 is 1.74 bits per heavy atom. The highest BCUT2D eigenvalue weighted by Gasteiger charge is 2.33. The molecule has 0 N–H and O–H groups in total. The second-order valence-corrected chi connectivity index (χ2v) is 11.7. The number of ether oxygens (including phenoxy) is 3. The maximum absolute atomic E-state index is 13.9. The summed E-state index contributed by atoms with van der Waals surface area (Å²) in [5.41, 5.74) is 4.04. The molecule has 1 aliphatic rings. The van der Waals surface area contributed by atoms with Crippen molar-refractivity contribution in [1.29, 1.82) is 0 Å². The summed E-state index contributed by atoms with van der Waals surface area (Å²) in [6.45, 7) is 8.28. The number of thiazole rings is 1. The summed E-state index contributed by atoms with van der Waals surface area (Å²) in [4.78, 5) is 32.2. The topological polar surface area (TPSA) is 79.1 Å². The van der Waals surface area contributed by atoms with Gasteiger partial charge in [-0.2, -0.15) is 0 Å². The molecule has 0 radical (unpaired) electrons. The van der Waals surface area contributed by atoms with Crippen LogP contribution in [0.15, 0.2) is 81.7 Å². The minimum absolute atomic E-state index is 0.218. The van der Waals surface area contributed by atoms with E-state index in [1.807, 2.05) is 56.3 Å². The molecule has 0 saturated heterocycles. The smallest absolute Gasteiger partial charge is 0.338 e. The number of esters is 1. The van der Waals surface area contributed by atoms with Crippen LogP contribution in [0.1, 0.15) is 49.1 Å². The lowest BCUT2D eigenvalue weighted by Crippen LogP contribution is -2.39. The lowest BCUT2D eigenvalue weighted by Gasteiger charge is -2.24. The Hall–Kier alpha value is -3.85. The molecule has 7 nitrogen and oxygen atoms in total. The predicted octanol–water partition coefficient (Wildman–Crippen LogP) is 6.39. The number of fused-ring (bicyclic) bond motifs is 1. The zero-order valence-corrected chi connectivity index (χ0v) is 26.5. The molecule has 43 heavy (non-hydrogen) atoms. The number of nitrogens with zero attached hydrogens (tertiary/aromatic N) is 2. The van der Waals surface area contributed by atoms with E-state index in [9.17, 15) is 9.59 Å². The number of aryl methyl sites for hydroxylation is 1. The highest BCUT2D eigenvalue weighted by molar-refractivity contribution is 7.07. The number of hydrogen-bond donors (Lipinski definition) is 0. The Balaban J connectivity index is 1.54. The van der Waals surface area contributed by atoms with Gasteiger partial charge in [-0.15, -0.1) is 0 Å². The van der Waals surface area contributed by atoms with Crippen molar-refractivity contribution in [3.8, 4) is 11.5 Å². The van der Waals surface area contributed by atoms with Crippen LogP contribution in [0, 0.1) is 6.92 Å². The summed E-state index contributed by atoms with van der Waals surface area (Å²) in [7, 11) is 0. The fourth-order valence-corrected chi connectivity index (χ4v) is 6.31. The van der Waals surface area contributed by atoms with Crippen molar-refractivity contribution in [3.05, 3.63) is 124 Å². The average Bonchev–Trinajstić information content (AvgIpc) is 3.27. The van der Waals surface area contributed by atoms with Gasteiger partial charge in [0.1, 0.15) is 6.61 Å². The van der Waals surface area contributed by atoms with E-state index in [1.54, 1.807) is 42.7 Å². The summed E-state index contributed by atoms with van der Waals surface area (Å²) < 4.78 is 19.3. The molecule has 222 valence electrons. The molecule has 0 bridgehead atoms. The Kier molecular flexibility index (Phi) is 9.40. The van der Waals surface area contributed by atoms with Crippen molar-refractivity contribution in [3.63, 3.8) is 0 Å². The number of benzene rings is 3. The first-order chi connectivity index (χ1) is 20.7. The van der Waals surface area contributed by atoms with Crippen LogP contribution < -0.4 is 24.4 Å². The van der Waals surface area contributed by atoms with E-state index in [1.165, 1.54) is 11.3 Å². The minimum Gasteiger partial charge on any atom is -0.490 e. The van der Waals surface area contributed by atoms with Crippen LogP contribution in [0.5, 0.6) is 11.5 Å². The van der Waals surface area contributed by atoms with Crippen molar-refractivity contribution in [2.24, 2.45) is 4.99 Å². The van der Waals surface area contributed by atoms with Crippen molar-refractivity contribution >= 4 is 46.6 Å². The van der Waals surface area contributed by atoms with Gasteiger partial charge in [0.15, 0.2) is 16.3 Å². The fraction of sp³-hybridized carbons (Fsp3) is 0.242. The minimum atomic E-state index is -0.660. The molecule has 0 fully saturated rings. The maximum atomic E-state index is 13.9. The summed E-state index contributed by atoms with van der Waals surface area (Å²) in [5.74, 6) is 0.591. The first kappa shape index (κ1) is 30.6. The Morgan fingerprint density at radius 3 is 2.44 bits per heavy atom. The summed E-state index contributed by atoms with van der Waals surface area (Å²) in [6, 6.07) is 17.9. The summed E-state index contributed by atoms with van der Waals surface area (Å²) in [5, 5.41) is 1.07. The van der Waals surface area contributed by atoms with E-state index in [0.717, 1.165) is 22.3 Å². The average molecular weight is 638 g/mol. The van der Waals surface area contributed by atoms with E-state index in [4.69, 9.17) is 37.4 Å². The molecule has 1 unspecified atom stereocenters. The largest absolute Gasteiger partial charge is 0.490 e. The molecule has 0 aliphatic carbocycles. The van der Waals surface area contributed by atoms with Crippen LogP contribution in [0.2, 0.25) is 10.0 Å². The number of rotatable bonds is 9. The molecule has 5 rings (SSSR count). The van der Waals surface area contributed by atoms with Crippen molar-refractivity contribution in [2.45, 2.75) is 40.3 Å². The zero-order valence-electron chi connectivity index (χ0n) is 24.1. The van der Waals surface area contributed by atoms with Gasteiger partial charge in [-0.05, 0) is 69.2 Å². The first-order valence-corrected chi connectivity index (χ1v) is 15.4. The van der Waals surface area contributed by atoms with Crippen LogP contribution in [-0.2, 0) is 16.1 Å². The van der Waals surface area contributed by atoms with Gasteiger partial charge in [0.25, 0.3) is 5.56 Å². The van der Waals surface area contributed by atoms with Crippen molar-refractivity contribution in [1.82, 2.24) is 4.57 Å². The van der Waals surface area contributed by atoms with Crippen molar-refractivity contribution < 1.29 is 19.0 Å². The Labute approximate surface area is 263 Å². The highest BCUT2D eigenvalue weighted by Crippen LogP contribution is 2.32. The lowest BCUT2D eigenvalue weighted by molar-refractivity contribution is -0.139. The van der Waals surface area contributed by atoms with Gasteiger partial charge in [0.2, 0.25) is 0 Å². The highest BCUT2D eigenvalue weighted by atomic mass is 35.5. The molecular formula is C33H30Cl2N2O5S. The van der Waals surface area contributed by atoms with Gasteiger partial charge in [0, 0.05) is 15.6 Å². The number of carbonyl (C=O) groups excluding carboxylic acids is 1. The SMILES string of the molecule is CCOC(=O)C1=C(C)N=c2s/c(=C\c3ccc(OCc4ccc(Cl)cc4Cl)c(OCC)c3)c(=O)n2C1c1ccc(C)cc1. The Morgan fingerprint density at radius 1 is 0.977 bits per heavy atom. The van der Waals surface area contributed by atoms with Gasteiger partial charge in [-0.1, -0.05) is 76.5 Å². The third-order valence-electron chi connectivity index (χ3n) is 6.87. The molecule has 4 aromatic rings. The van der Waals surface area contributed by atoms with Gasteiger partial charge >= 0.3 is 5.97 Å². The summed E-state index contributed by atoms with van der Waals surface area (Å²) >= 11 is 13.6. The Bertz CT molecular complexity index is 1890. The van der Waals surface area contributed by atoms with Crippen LogP contribution >= 0.6 is 34.5 Å². The monoisotopic (exact) mass is 636 g/mol. The molecule has 10 heteroatoms. The molecule has 1 aromatic heterocycles. The van der Waals surface area contributed by atoms with E-state index in [-0.39, 0.29) is 18.8 Å². The number of aromatic nitrogens is 1. The van der Waals surface area contributed by atoms with E-state index < -0.39 is 12.0 Å². The number of halogens is 2. The maximum Gasteiger partial charge on any atom is 0.338 e. The lowest BCUT2D eigenvalue weighted by atomic mass is 9.95. The standard InChI is InChI=1S/C33H30Cl2N2O5S/c1-5-40-27-15-21(9-14-26(27)42-18-23-12-13-24(34)17-25(23)35)16-28-31(38)37-30(22-10-7-19(3)8-11-22)29(32(39)41-6-2)20(4)36-33(37)43-28/h7-17,30H,5-6,18H2,1-4H3/b28-16-. The molecule has 3 aromatic carbocycles. The van der Waals surface area contributed by atoms with Crippen LogP contribution in [-0.4, -0.2) is 23.8 Å². The van der Waals surface area contributed by atoms with Crippen LogP contribution in [0.3, 0.4) is 0 Å². The molecule has 0 amide bonds. The van der Waals surface area contributed by atoms with E-state index >= 15 is 0 Å². The normalized spacial score (nSPS) is 14.7. The number of carbonyl (C=O) groups is 1. The molecule has 1 atom stereocenters. The second-order valence-electron chi connectivity index (χ2n) is 9.88. The fourth-order valence-electron chi connectivity index (χ4n) is 4.80. The van der Waals surface area contributed by atoms with Gasteiger partial charge < -0.3 is 14.2 Å². The second kappa shape index (κ2) is 13.2. The number of allylic oxidation sites excluding steroid dienone is 1. The molecular weight excluding hydrogens is 607 g/mol. The molecule has 1 aliphatic heterocycles. The molecule has 0 spiro atoms. The first-order valence-electron chi connectivity index (χ1n) is 13.8. The molecule has 2 heterocycles. The van der Waals surface area contributed by atoms with Gasteiger partial charge in [-0.3, -0.25) is 9.36 Å². The van der Waals surface area contributed by atoms with E-state index in [0.29, 0.717) is 48.8 Å².